The van der Waals surface area contributed by atoms with E-state index in [-0.39, 0.29) is 23.6 Å². The Bertz CT molecular complexity index is 1550. The predicted molar refractivity (Wildman–Crippen MR) is 411 cm³/mol. The predicted octanol–water partition coefficient (Wildman–Crippen LogP) is 19.9. The Kier molecular flexibility index (Phi) is 75.0. The summed E-state index contributed by atoms with van der Waals surface area (Å²) in [5.41, 5.74) is 0. The van der Waals surface area contributed by atoms with Gasteiger partial charge < -0.3 is 41.3 Å². The van der Waals surface area contributed by atoms with Crippen molar-refractivity contribution >= 4 is 29.4 Å². The molecule has 0 saturated heterocycles. The van der Waals surface area contributed by atoms with Gasteiger partial charge in [-0.25, -0.2) is 0 Å². The van der Waals surface area contributed by atoms with Crippen molar-refractivity contribution < 1.29 is 24.0 Å². The summed E-state index contributed by atoms with van der Waals surface area (Å²) in [5.74, 6) is 0.665. The van der Waals surface area contributed by atoms with E-state index in [1.165, 1.54) is 263 Å². The summed E-state index contributed by atoms with van der Waals surface area (Å²) in [5, 5.41) is 16.5. The van der Waals surface area contributed by atoms with Gasteiger partial charge in [-0.2, -0.15) is 0 Å². The van der Waals surface area contributed by atoms with Crippen LogP contribution in [0, 0.1) is 0 Å². The molecule has 95 heavy (non-hydrogen) atoms. The van der Waals surface area contributed by atoms with Gasteiger partial charge in [0.15, 0.2) is 0 Å². The van der Waals surface area contributed by atoms with Crippen LogP contribution in [0.25, 0.3) is 0 Å². The first-order valence-electron chi connectivity index (χ1n) is 42.1. The Labute approximate surface area is 590 Å². The van der Waals surface area contributed by atoms with Gasteiger partial charge >= 0.3 is 0 Å². The lowest BCUT2D eigenvalue weighted by molar-refractivity contribution is -0.123. The molecule has 0 aromatic carbocycles. The third-order valence-corrected chi connectivity index (χ3v) is 19.7. The lowest BCUT2D eigenvalue weighted by Gasteiger charge is -2.28. The number of ketones is 1. The maximum absolute atomic E-state index is 13.4. The molecule has 0 bridgehead atoms. The molecule has 13 nitrogen and oxygen atoms in total. The lowest BCUT2D eigenvalue weighted by atomic mass is 10.0. The second-order valence-electron chi connectivity index (χ2n) is 29.0. The summed E-state index contributed by atoms with van der Waals surface area (Å²) >= 11 is 0. The van der Waals surface area contributed by atoms with Crippen molar-refractivity contribution in [3.63, 3.8) is 0 Å². The van der Waals surface area contributed by atoms with Crippen LogP contribution >= 0.6 is 0 Å². The number of rotatable bonds is 80. The van der Waals surface area contributed by atoms with E-state index in [0.29, 0.717) is 96.7 Å². The zero-order valence-electron chi connectivity index (χ0n) is 64.3. The van der Waals surface area contributed by atoms with Gasteiger partial charge in [-0.1, -0.05) is 330 Å². The van der Waals surface area contributed by atoms with Gasteiger partial charge in [0.05, 0.1) is 0 Å². The van der Waals surface area contributed by atoms with Gasteiger partial charge in [-0.15, -0.1) is 0 Å². The monoisotopic (exact) mass is 1340 g/mol. The molecule has 562 valence electrons. The van der Waals surface area contributed by atoms with E-state index in [1.54, 1.807) is 0 Å². The first-order valence-corrected chi connectivity index (χ1v) is 42.1. The second kappa shape index (κ2) is 77.1. The van der Waals surface area contributed by atoms with E-state index in [0.717, 1.165) is 110 Å². The molecule has 0 spiro atoms. The molecule has 0 radical (unpaired) electrons. The van der Waals surface area contributed by atoms with Crippen LogP contribution in [0.4, 0.5) is 0 Å². The van der Waals surface area contributed by atoms with Crippen molar-refractivity contribution in [2.45, 2.75) is 401 Å². The molecule has 0 fully saturated rings. The van der Waals surface area contributed by atoms with E-state index in [4.69, 9.17) is 0 Å². The SMILES string of the molecule is CCCCCCCCCCCCCC(=O)CCN(CCNCCN(CCC(=O)NCCCCCCCCCCCC)CCN(CCC(=O)NCCCCCCCCCCCC)CCC(=O)NCCCCCCCCCCCC)CCC(=O)NCCCCCCCCCCCC. The van der Waals surface area contributed by atoms with Crippen LogP contribution in [-0.4, -0.2) is 142 Å². The van der Waals surface area contributed by atoms with Crippen LogP contribution < -0.4 is 26.6 Å². The molecule has 13 heteroatoms. The average molecular weight is 1340 g/mol. The standard InChI is InChI=1S/C82H164N8O5/c1-6-11-16-21-26-31-36-37-42-47-52-57-78(91)58-69-88(70-59-79(92)84-63-53-48-43-38-32-27-22-17-12-7-2)74-67-83-68-75-90(73-62-82(95)87-66-56-51-46-41-35-30-25-20-15-10-5)77-76-89(71-60-80(93)85-64-54-49-44-39-33-28-23-18-13-8-3)72-61-81(94)86-65-55-50-45-40-34-29-24-19-14-9-4/h83H,6-77H2,1-5H3,(H,84,92)(H,85,93)(H,86,94)(H,87,95). The van der Waals surface area contributed by atoms with Gasteiger partial charge in [0.2, 0.25) is 23.6 Å². The number of amides is 4. The van der Waals surface area contributed by atoms with E-state index in [2.05, 4.69) is 75.9 Å². The molecule has 5 N–H and O–H groups in total. The molecule has 4 amide bonds. The Hall–Kier alpha value is -2.61. The minimum Gasteiger partial charge on any atom is -0.356 e. The summed E-state index contributed by atoms with van der Waals surface area (Å²) in [7, 11) is 0. The number of nitrogens with one attached hydrogen (secondary N) is 5. The third kappa shape index (κ3) is 72.5. The van der Waals surface area contributed by atoms with Crippen molar-refractivity contribution in [2.75, 3.05) is 98.2 Å². The van der Waals surface area contributed by atoms with Gasteiger partial charge in [0, 0.05) is 137 Å². The highest BCUT2D eigenvalue weighted by Crippen LogP contribution is 2.16. The number of hydrogen-bond acceptors (Lipinski definition) is 9. The van der Waals surface area contributed by atoms with E-state index in [1.807, 2.05) is 0 Å². The molecule has 0 aliphatic carbocycles. The first-order chi connectivity index (χ1) is 46.7. The smallest absolute Gasteiger partial charge is 0.221 e. The zero-order valence-corrected chi connectivity index (χ0v) is 64.3. The van der Waals surface area contributed by atoms with Crippen molar-refractivity contribution in [1.82, 2.24) is 41.3 Å². The molecule has 0 aromatic heterocycles. The summed E-state index contributed by atoms with van der Waals surface area (Å²) in [6, 6.07) is 0. The number of carbonyl (C=O) groups is 5. The number of Topliss-reactive ketones (excluding diaryl/α,β-unsaturated/α-hetero) is 1. The van der Waals surface area contributed by atoms with Crippen LogP contribution in [0.1, 0.15) is 401 Å². The zero-order chi connectivity index (χ0) is 69.1. The van der Waals surface area contributed by atoms with Crippen LogP contribution in [0.2, 0.25) is 0 Å². The fraction of sp³-hybridized carbons (Fsp3) is 0.939. The topological polar surface area (TPSA) is 155 Å². The second-order valence-corrected chi connectivity index (χ2v) is 29.0. The van der Waals surface area contributed by atoms with Gasteiger partial charge in [0.25, 0.3) is 0 Å². The van der Waals surface area contributed by atoms with E-state index in [9.17, 15) is 24.0 Å². The van der Waals surface area contributed by atoms with Gasteiger partial charge in [-0.3, -0.25) is 24.0 Å². The van der Waals surface area contributed by atoms with Crippen molar-refractivity contribution in [3.05, 3.63) is 0 Å². The summed E-state index contributed by atoms with van der Waals surface area (Å²) in [6.45, 7) is 21.7. The van der Waals surface area contributed by atoms with Crippen molar-refractivity contribution in [3.8, 4) is 0 Å². The average Bonchev–Trinajstić information content (AvgIpc) is 3.51. The number of carbonyl (C=O) groups excluding carboxylic acids is 5. The van der Waals surface area contributed by atoms with Crippen LogP contribution in [-0.2, 0) is 24.0 Å². The molecular formula is C82H164N8O5. The summed E-state index contributed by atoms with van der Waals surface area (Å²) in [4.78, 5) is 73.5. The Balaban J connectivity index is 5.83. The van der Waals surface area contributed by atoms with Crippen molar-refractivity contribution in [2.24, 2.45) is 0 Å². The molecule has 0 rings (SSSR count). The number of hydrogen-bond donors (Lipinski definition) is 5. The number of unbranched alkanes of at least 4 members (excludes halogenated alkanes) is 46. The molecule has 0 aromatic rings. The maximum atomic E-state index is 13.4. The summed E-state index contributed by atoms with van der Waals surface area (Å²) in [6.07, 6.45) is 67.5. The Morgan fingerprint density at radius 1 is 0.189 bits per heavy atom. The molecule has 0 saturated carbocycles. The van der Waals surface area contributed by atoms with Gasteiger partial charge in [-0.05, 0) is 32.1 Å². The number of nitrogens with zero attached hydrogens (tertiary/aromatic N) is 3. The molecular weight excluding hydrogens is 1180 g/mol. The van der Waals surface area contributed by atoms with Gasteiger partial charge in [0.1, 0.15) is 5.78 Å². The molecule has 0 aliphatic rings. The third-order valence-electron chi connectivity index (χ3n) is 19.7. The highest BCUT2D eigenvalue weighted by molar-refractivity contribution is 5.79. The summed E-state index contributed by atoms with van der Waals surface area (Å²) < 4.78 is 0. The van der Waals surface area contributed by atoms with Crippen LogP contribution in [0.15, 0.2) is 0 Å². The Morgan fingerprint density at radius 2 is 0.379 bits per heavy atom. The largest absolute Gasteiger partial charge is 0.356 e. The minimum atomic E-state index is 0.0733. The molecule has 0 unspecified atom stereocenters. The molecule has 0 aliphatic heterocycles. The normalized spacial score (nSPS) is 11.6. The molecule has 0 heterocycles. The fourth-order valence-corrected chi connectivity index (χ4v) is 13.0. The quantitative estimate of drug-likeness (QED) is 0.0374. The molecule has 0 atom stereocenters. The highest BCUT2D eigenvalue weighted by atomic mass is 16.2. The maximum Gasteiger partial charge on any atom is 0.221 e. The van der Waals surface area contributed by atoms with Crippen LogP contribution in [0.3, 0.4) is 0 Å². The highest BCUT2D eigenvalue weighted by Gasteiger charge is 2.16. The minimum absolute atomic E-state index is 0.0733. The lowest BCUT2D eigenvalue weighted by Crippen LogP contribution is -2.43. The van der Waals surface area contributed by atoms with E-state index >= 15 is 0 Å². The van der Waals surface area contributed by atoms with Crippen molar-refractivity contribution in [1.29, 1.82) is 0 Å². The van der Waals surface area contributed by atoms with Crippen LogP contribution in [0.5, 0.6) is 0 Å². The first kappa shape index (κ1) is 92.4. The Morgan fingerprint density at radius 3 is 0.621 bits per heavy atom. The van der Waals surface area contributed by atoms with E-state index < -0.39 is 0 Å². The fourth-order valence-electron chi connectivity index (χ4n) is 13.0.